The van der Waals surface area contributed by atoms with E-state index in [1.165, 1.54) is 25.3 Å². The van der Waals surface area contributed by atoms with Crippen LogP contribution in [0.3, 0.4) is 0 Å². The van der Waals surface area contributed by atoms with E-state index in [2.05, 4.69) is 5.32 Å². The van der Waals surface area contributed by atoms with Crippen molar-refractivity contribution in [2.45, 2.75) is 25.0 Å². The number of ether oxygens (including phenoxy) is 1. The number of benzene rings is 1. The van der Waals surface area contributed by atoms with Gasteiger partial charge in [-0.2, -0.15) is 0 Å². The fourth-order valence-corrected chi connectivity index (χ4v) is 2.54. The molecule has 0 aliphatic carbocycles. The maximum absolute atomic E-state index is 13.0. The Morgan fingerprint density at radius 3 is 2.95 bits per heavy atom. The van der Waals surface area contributed by atoms with Crippen molar-refractivity contribution in [1.29, 1.82) is 0 Å². The number of aliphatic hydroxyl groups is 1. The van der Waals surface area contributed by atoms with Gasteiger partial charge in [0.05, 0.1) is 13.2 Å². The molecule has 7 heteroatoms. The third-order valence-corrected chi connectivity index (χ3v) is 3.59. The Hall–Kier alpha value is -1.99. The molecule has 0 unspecified atom stereocenters. The highest BCUT2D eigenvalue weighted by atomic mass is 19.1. The average Bonchev–Trinajstić information content (AvgIpc) is 2.85. The first-order valence-electron chi connectivity index (χ1n) is 7.05. The number of methoxy groups -OCH3 is 1. The Labute approximate surface area is 127 Å². The summed E-state index contributed by atoms with van der Waals surface area (Å²) >= 11 is 0. The molecule has 0 aromatic heterocycles. The number of esters is 1. The van der Waals surface area contributed by atoms with Gasteiger partial charge in [0.15, 0.2) is 0 Å². The number of halogens is 1. The van der Waals surface area contributed by atoms with Crippen LogP contribution in [0.1, 0.15) is 12.8 Å². The first-order chi connectivity index (χ1) is 10.5. The van der Waals surface area contributed by atoms with Crippen LogP contribution in [0.25, 0.3) is 0 Å². The monoisotopic (exact) mass is 310 g/mol. The van der Waals surface area contributed by atoms with Crippen molar-refractivity contribution in [2.24, 2.45) is 0 Å². The van der Waals surface area contributed by atoms with Crippen molar-refractivity contribution < 1.29 is 23.8 Å². The largest absolute Gasteiger partial charge is 0.468 e. The molecule has 1 aliphatic rings. The zero-order chi connectivity index (χ0) is 16.1. The van der Waals surface area contributed by atoms with E-state index in [1.807, 2.05) is 0 Å². The second kappa shape index (κ2) is 7.33. The van der Waals surface area contributed by atoms with Crippen LogP contribution in [0.2, 0.25) is 0 Å². The van der Waals surface area contributed by atoms with Crippen LogP contribution in [-0.2, 0) is 14.3 Å². The van der Waals surface area contributed by atoms with Crippen molar-refractivity contribution in [3.05, 3.63) is 30.1 Å². The van der Waals surface area contributed by atoms with Crippen LogP contribution >= 0.6 is 0 Å². The Kier molecular flexibility index (Phi) is 5.46. The molecule has 1 aromatic rings. The van der Waals surface area contributed by atoms with E-state index >= 15 is 0 Å². The molecule has 2 atom stereocenters. The van der Waals surface area contributed by atoms with E-state index < -0.39 is 23.9 Å². The molecule has 1 aliphatic heterocycles. The summed E-state index contributed by atoms with van der Waals surface area (Å²) in [5, 5.41) is 12.2. The van der Waals surface area contributed by atoms with Gasteiger partial charge in [-0.25, -0.2) is 4.39 Å². The second-order valence-corrected chi connectivity index (χ2v) is 5.23. The smallest absolute Gasteiger partial charge is 0.323 e. The molecule has 1 fully saturated rings. The minimum atomic E-state index is -0.601. The van der Waals surface area contributed by atoms with E-state index in [4.69, 9.17) is 4.74 Å². The summed E-state index contributed by atoms with van der Waals surface area (Å²) < 4.78 is 17.7. The molecular weight excluding hydrogens is 291 g/mol. The summed E-state index contributed by atoms with van der Waals surface area (Å²) in [6, 6.07) is 5.10. The highest BCUT2D eigenvalue weighted by Gasteiger charge is 2.36. The lowest BCUT2D eigenvalue weighted by Crippen LogP contribution is -2.38. The van der Waals surface area contributed by atoms with Crippen molar-refractivity contribution in [3.8, 4) is 0 Å². The van der Waals surface area contributed by atoms with Crippen LogP contribution in [0, 0.1) is 5.82 Å². The first kappa shape index (κ1) is 16.4. The van der Waals surface area contributed by atoms with Crippen molar-refractivity contribution in [1.82, 2.24) is 4.90 Å². The maximum atomic E-state index is 13.0. The van der Waals surface area contributed by atoms with Crippen LogP contribution in [0.15, 0.2) is 24.3 Å². The number of carbonyl (C=O) groups is 2. The molecule has 2 N–H and O–H groups in total. The molecule has 1 aromatic carbocycles. The van der Waals surface area contributed by atoms with Crippen LogP contribution in [0.5, 0.6) is 0 Å². The number of nitrogens with one attached hydrogen (secondary N) is 1. The summed E-state index contributed by atoms with van der Waals surface area (Å²) in [5.74, 6) is -1.12. The first-order valence-corrected chi connectivity index (χ1v) is 7.05. The molecular formula is C15H19FN2O4. The van der Waals surface area contributed by atoms with E-state index in [0.717, 1.165) is 0 Å². The van der Waals surface area contributed by atoms with E-state index in [9.17, 15) is 19.1 Å². The van der Waals surface area contributed by atoms with Crippen LogP contribution in [-0.4, -0.2) is 54.2 Å². The SMILES string of the molecule is COC(=O)[C@@H]1C[C@@H](O)CN1CCC(=O)Nc1cccc(F)c1. The molecule has 0 radical (unpaired) electrons. The standard InChI is InChI=1S/C15H19FN2O4/c1-22-15(21)13-8-12(19)9-18(13)6-5-14(20)17-11-4-2-3-10(16)7-11/h2-4,7,12-13,19H,5-6,8-9H2,1H3,(H,17,20)/t12-,13+/m1/s1. The summed E-state index contributed by atoms with van der Waals surface area (Å²) in [7, 11) is 1.29. The summed E-state index contributed by atoms with van der Waals surface area (Å²) in [4.78, 5) is 25.2. The fourth-order valence-electron chi connectivity index (χ4n) is 2.54. The highest BCUT2D eigenvalue weighted by Crippen LogP contribution is 2.19. The van der Waals surface area contributed by atoms with Gasteiger partial charge in [-0.05, 0) is 18.2 Å². The number of carbonyl (C=O) groups excluding carboxylic acids is 2. The predicted molar refractivity (Wildman–Crippen MR) is 77.6 cm³/mol. The number of likely N-dealkylation sites (tertiary alicyclic amines) is 1. The minimum Gasteiger partial charge on any atom is -0.468 e. The minimum absolute atomic E-state index is 0.136. The van der Waals surface area contributed by atoms with Crippen LogP contribution in [0.4, 0.5) is 10.1 Å². The zero-order valence-corrected chi connectivity index (χ0v) is 12.3. The van der Waals surface area contributed by atoms with Gasteiger partial charge >= 0.3 is 5.97 Å². The van der Waals surface area contributed by atoms with Crippen LogP contribution < -0.4 is 5.32 Å². The summed E-state index contributed by atoms with van der Waals surface area (Å²) in [6.45, 7) is 0.644. The van der Waals surface area contributed by atoms with Crippen molar-refractivity contribution in [3.63, 3.8) is 0 Å². The Bertz CT molecular complexity index is 552. The number of amides is 1. The normalized spacial score (nSPS) is 21.6. The van der Waals surface area contributed by atoms with Gasteiger partial charge in [0.1, 0.15) is 11.9 Å². The molecule has 1 heterocycles. The van der Waals surface area contributed by atoms with Crippen molar-refractivity contribution >= 4 is 17.6 Å². The fraction of sp³-hybridized carbons (Fsp3) is 0.467. The average molecular weight is 310 g/mol. The topological polar surface area (TPSA) is 78.9 Å². The number of β-amino-alcohol motifs (C(OH)–C–C–N with tert-alkyl or cyclic N) is 1. The molecule has 22 heavy (non-hydrogen) atoms. The zero-order valence-electron chi connectivity index (χ0n) is 12.3. The van der Waals surface area contributed by atoms with E-state index in [0.29, 0.717) is 25.2 Å². The van der Waals surface area contributed by atoms with Gasteiger partial charge in [-0.15, -0.1) is 0 Å². The molecule has 0 saturated carbocycles. The van der Waals surface area contributed by atoms with Gasteiger partial charge in [-0.3, -0.25) is 14.5 Å². The molecule has 6 nitrogen and oxygen atoms in total. The molecule has 2 rings (SSSR count). The lowest BCUT2D eigenvalue weighted by atomic mass is 10.2. The number of aliphatic hydroxyl groups excluding tert-OH is 1. The molecule has 120 valence electrons. The van der Waals surface area contributed by atoms with E-state index in [-0.39, 0.29) is 12.3 Å². The third-order valence-electron chi connectivity index (χ3n) is 3.59. The van der Waals surface area contributed by atoms with Gasteiger partial charge in [-0.1, -0.05) is 6.07 Å². The van der Waals surface area contributed by atoms with E-state index in [1.54, 1.807) is 11.0 Å². The number of rotatable bonds is 5. The predicted octanol–water partition coefficient (Wildman–Crippen LogP) is 0.762. The Balaban J connectivity index is 1.86. The molecule has 1 amide bonds. The lowest BCUT2D eigenvalue weighted by molar-refractivity contribution is -0.146. The number of anilines is 1. The molecule has 0 spiro atoms. The molecule has 0 bridgehead atoms. The van der Waals surface area contributed by atoms with Gasteiger partial charge in [0, 0.05) is 31.6 Å². The van der Waals surface area contributed by atoms with Crippen molar-refractivity contribution in [2.75, 3.05) is 25.5 Å². The summed E-state index contributed by atoms with van der Waals surface area (Å²) in [5.41, 5.74) is 0.385. The third kappa shape index (κ3) is 4.25. The van der Waals surface area contributed by atoms with Gasteiger partial charge in [0.25, 0.3) is 0 Å². The summed E-state index contributed by atoms with van der Waals surface area (Å²) in [6.07, 6.45) is -0.162. The van der Waals surface area contributed by atoms with Gasteiger partial charge < -0.3 is 15.2 Å². The maximum Gasteiger partial charge on any atom is 0.323 e. The number of nitrogens with zero attached hydrogens (tertiary/aromatic N) is 1. The Morgan fingerprint density at radius 2 is 2.27 bits per heavy atom. The second-order valence-electron chi connectivity index (χ2n) is 5.23. The number of hydrogen-bond donors (Lipinski definition) is 2. The Morgan fingerprint density at radius 1 is 1.50 bits per heavy atom. The quantitative estimate of drug-likeness (QED) is 0.785. The number of hydrogen-bond acceptors (Lipinski definition) is 5. The highest BCUT2D eigenvalue weighted by molar-refractivity contribution is 5.90. The molecule has 1 saturated heterocycles. The van der Waals surface area contributed by atoms with Gasteiger partial charge in [0.2, 0.25) is 5.91 Å². The lowest BCUT2D eigenvalue weighted by Gasteiger charge is -2.21.